The highest BCUT2D eigenvalue weighted by Gasteiger charge is 2.23. The number of pyridine rings is 1. The van der Waals surface area contributed by atoms with Gasteiger partial charge in [0, 0.05) is 38.0 Å². The minimum absolute atomic E-state index is 0.266. The van der Waals surface area contributed by atoms with Gasteiger partial charge in [0.25, 0.3) is 0 Å². The smallest absolute Gasteiger partial charge is 0.410 e. The zero-order valence-corrected chi connectivity index (χ0v) is 22.0. The van der Waals surface area contributed by atoms with Gasteiger partial charge in [-0.2, -0.15) is 5.10 Å². The standard InChI is InChI=1S/C27H33N7O3/c1-18-7-6-8-19(15-18)20-9-10-34(31-20)23-16-21(33-11-13-36-14-12-33)24-25(30-23)29-22(28-24)17-32(5)26(35)37-27(2,3)4/h6-10,15-16H,11-14,17H2,1-5H3,(H,28,29,30). The molecule has 4 aromatic rings. The summed E-state index contributed by atoms with van der Waals surface area (Å²) >= 11 is 0. The number of carbonyl (C=O) groups is 1. The quantitative estimate of drug-likeness (QED) is 0.433. The fraction of sp³-hybridized carbons (Fsp3) is 0.407. The van der Waals surface area contributed by atoms with Crippen LogP contribution in [-0.2, 0) is 16.0 Å². The first-order chi connectivity index (χ1) is 17.7. The van der Waals surface area contributed by atoms with Crippen LogP contribution in [0.4, 0.5) is 10.5 Å². The van der Waals surface area contributed by atoms with E-state index in [1.54, 1.807) is 11.7 Å². The fourth-order valence-corrected chi connectivity index (χ4v) is 4.29. The van der Waals surface area contributed by atoms with Crippen molar-refractivity contribution in [3.63, 3.8) is 0 Å². The number of H-pyrrole nitrogens is 1. The van der Waals surface area contributed by atoms with Crippen LogP contribution in [0.1, 0.15) is 32.2 Å². The number of hydrogen-bond donors (Lipinski definition) is 1. The molecule has 0 aliphatic carbocycles. The Morgan fingerprint density at radius 3 is 2.68 bits per heavy atom. The second-order valence-electron chi connectivity index (χ2n) is 10.3. The number of anilines is 1. The average Bonchev–Trinajstić information content (AvgIpc) is 3.50. The minimum atomic E-state index is -0.569. The van der Waals surface area contributed by atoms with Crippen LogP contribution < -0.4 is 4.90 Å². The van der Waals surface area contributed by atoms with Gasteiger partial charge in [0.2, 0.25) is 0 Å². The summed E-state index contributed by atoms with van der Waals surface area (Å²) in [5, 5.41) is 4.80. The second kappa shape index (κ2) is 9.85. The van der Waals surface area contributed by atoms with E-state index in [2.05, 4.69) is 35.0 Å². The molecule has 0 saturated carbocycles. The van der Waals surface area contributed by atoms with Crippen molar-refractivity contribution in [3.05, 3.63) is 54.0 Å². The van der Waals surface area contributed by atoms with Crippen molar-refractivity contribution in [1.29, 1.82) is 0 Å². The Morgan fingerprint density at radius 1 is 1.16 bits per heavy atom. The lowest BCUT2D eigenvalue weighted by atomic mass is 10.1. The molecule has 0 radical (unpaired) electrons. The first kappa shape index (κ1) is 24.8. The molecule has 3 aromatic heterocycles. The molecule has 1 aliphatic heterocycles. The van der Waals surface area contributed by atoms with Crippen molar-refractivity contribution >= 4 is 22.9 Å². The number of amides is 1. The third-order valence-corrected chi connectivity index (χ3v) is 6.06. The number of benzene rings is 1. The lowest BCUT2D eigenvalue weighted by molar-refractivity contribution is 0.0281. The topological polar surface area (TPSA) is 101 Å². The molecular formula is C27H33N7O3. The first-order valence-corrected chi connectivity index (χ1v) is 12.5. The van der Waals surface area contributed by atoms with Crippen LogP contribution in [0.3, 0.4) is 0 Å². The third-order valence-electron chi connectivity index (χ3n) is 6.06. The van der Waals surface area contributed by atoms with E-state index in [1.165, 1.54) is 10.5 Å². The average molecular weight is 504 g/mol. The van der Waals surface area contributed by atoms with Gasteiger partial charge in [-0.25, -0.2) is 19.4 Å². The van der Waals surface area contributed by atoms with Gasteiger partial charge in [-0.15, -0.1) is 0 Å². The van der Waals surface area contributed by atoms with Crippen LogP contribution in [0.5, 0.6) is 0 Å². The molecule has 194 valence electrons. The summed E-state index contributed by atoms with van der Waals surface area (Å²) in [6.07, 6.45) is 1.51. The number of aryl methyl sites for hydroxylation is 1. The highest BCUT2D eigenvalue weighted by atomic mass is 16.6. The van der Waals surface area contributed by atoms with Crippen LogP contribution in [0, 0.1) is 6.92 Å². The van der Waals surface area contributed by atoms with Crippen molar-refractivity contribution in [2.45, 2.75) is 39.8 Å². The van der Waals surface area contributed by atoms with E-state index in [0.717, 1.165) is 35.6 Å². The van der Waals surface area contributed by atoms with Crippen molar-refractivity contribution in [2.75, 3.05) is 38.3 Å². The Morgan fingerprint density at radius 2 is 1.95 bits per heavy atom. The molecule has 1 aromatic carbocycles. The van der Waals surface area contributed by atoms with Gasteiger partial charge < -0.3 is 24.3 Å². The maximum Gasteiger partial charge on any atom is 0.410 e. The maximum atomic E-state index is 12.5. The Bertz CT molecular complexity index is 1410. The van der Waals surface area contributed by atoms with E-state index in [9.17, 15) is 4.79 Å². The summed E-state index contributed by atoms with van der Waals surface area (Å²) < 4.78 is 12.8. The van der Waals surface area contributed by atoms with Crippen LogP contribution in [0.2, 0.25) is 0 Å². The second-order valence-corrected chi connectivity index (χ2v) is 10.3. The van der Waals surface area contributed by atoms with Gasteiger partial charge in [0.1, 0.15) is 16.9 Å². The molecule has 10 heteroatoms. The summed E-state index contributed by atoms with van der Waals surface area (Å²) in [6, 6.07) is 12.3. The number of nitrogens with one attached hydrogen (secondary N) is 1. The number of fused-ring (bicyclic) bond motifs is 1. The van der Waals surface area contributed by atoms with Gasteiger partial charge in [0.05, 0.1) is 31.1 Å². The van der Waals surface area contributed by atoms with Gasteiger partial charge in [-0.05, 0) is 39.8 Å². The summed E-state index contributed by atoms with van der Waals surface area (Å²) in [6.45, 7) is 10.7. The van der Waals surface area contributed by atoms with Gasteiger partial charge >= 0.3 is 6.09 Å². The predicted molar refractivity (Wildman–Crippen MR) is 142 cm³/mol. The normalized spacial score (nSPS) is 14.2. The number of aromatic amines is 1. The Kier molecular flexibility index (Phi) is 6.59. The summed E-state index contributed by atoms with van der Waals surface area (Å²) in [5.74, 6) is 1.30. The largest absolute Gasteiger partial charge is 0.444 e. The molecule has 5 rings (SSSR count). The number of ether oxygens (including phenoxy) is 2. The molecule has 0 bridgehead atoms. The van der Waals surface area contributed by atoms with E-state index in [1.807, 2.05) is 45.2 Å². The number of morpholine rings is 1. The molecule has 1 aliphatic rings. The lowest BCUT2D eigenvalue weighted by Crippen LogP contribution is -2.36. The third kappa shape index (κ3) is 5.59. The van der Waals surface area contributed by atoms with Crippen molar-refractivity contribution in [1.82, 2.24) is 29.6 Å². The van der Waals surface area contributed by atoms with Crippen LogP contribution >= 0.6 is 0 Å². The maximum absolute atomic E-state index is 12.5. The van der Waals surface area contributed by atoms with E-state index < -0.39 is 11.7 Å². The minimum Gasteiger partial charge on any atom is -0.444 e. The SMILES string of the molecule is Cc1cccc(-c2ccn(-c3cc(N4CCOCC4)c4[nH]c(CN(C)C(=O)OC(C)(C)C)nc4n3)n2)c1. The number of rotatable bonds is 5. The first-order valence-electron chi connectivity index (χ1n) is 12.5. The molecule has 0 unspecified atom stereocenters. The van der Waals surface area contributed by atoms with Crippen molar-refractivity contribution in [2.24, 2.45) is 0 Å². The van der Waals surface area contributed by atoms with E-state index >= 15 is 0 Å². The van der Waals surface area contributed by atoms with Gasteiger partial charge in [-0.3, -0.25) is 0 Å². The molecule has 10 nitrogen and oxygen atoms in total. The highest BCUT2D eigenvalue weighted by Crippen LogP contribution is 2.28. The summed E-state index contributed by atoms with van der Waals surface area (Å²) in [5.41, 5.74) is 4.92. The van der Waals surface area contributed by atoms with Crippen LogP contribution in [0.25, 0.3) is 28.2 Å². The number of carbonyl (C=O) groups excluding carboxylic acids is 1. The molecule has 0 spiro atoms. The highest BCUT2D eigenvalue weighted by molar-refractivity contribution is 5.87. The number of hydrogen-bond acceptors (Lipinski definition) is 7. The molecule has 1 amide bonds. The predicted octanol–water partition coefficient (Wildman–Crippen LogP) is 4.32. The van der Waals surface area contributed by atoms with E-state index in [-0.39, 0.29) is 6.54 Å². The number of aromatic nitrogens is 5. The summed E-state index contributed by atoms with van der Waals surface area (Å²) in [7, 11) is 1.69. The van der Waals surface area contributed by atoms with Crippen molar-refractivity contribution in [3.8, 4) is 17.1 Å². The molecule has 1 N–H and O–H groups in total. The van der Waals surface area contributed by atoms with E-state index in [0.29, 0.717) is 30.5 Å². The molecule has 1 saturated heterocycles. The number of nitrogens with zero attached hydrogens (tertiary/aromatic N) is 6. The molecular weight excluding hydrogens is 470 g/mol. The van der Waals surface area contributed by atoms with Crippen molar-refractivity contribution < 1.29 is 14.3 Å². The Labute approximate surface area is 216 Å². The lowest BCUT2D eigenvalue weighted by Gasteiger charge is -2.29. The van der Waals surface area contributed by atoms with Gasteiger partial charge in [0.15, 0.2) is 11.5 Å². The number of imidazole rings is 1. The molecule has 1 fully saturated rings. The van der Waals surface area contributed by atoms with E-state index in [4.69, 9.17) is 24.5 Å². The summed E-state index contributed by atoms with van der Waals surface area (Å²) in [4.78, 5) is 29.2. The Balaban J connectivity index is 1.50. The van der Waals surface area contributed by atoms with Crippen LogP contribution in [0.15, 0.2) is 42.6 Å². The Hall–Kier alpha value is -3.92. The van der Waals surface area contributed by atoms with Gasteiger partial charge in [-0.1, -0.05) is 23.8 Å². The molecule has 4 heterocycles. The molecule has 37 heavy (non-hydrogen) atoms. The van der Waals surface area contributed by atoms with Crippen LogP contribution in [-0.4, -0.2) is 74.7 Å². The zero-order valence-electron chi connectivity index (χ0n) is 22.0. The zero-order chi connectivity index (χ0) is 26.2. The monoisotopic (exact) mass is 503 g/mol. The fourth-order valence-electron chi connectivity index (χ4n) is 4.29. The molecule has 0 atom stereocenters.